The number of hydrogen-bond acceptors (Lipinski definition) is 4. The molecule has 3 rings (SSSR count). The van der Waals surface area contributed by atoms with Gasteiger partial charge in [-0.2, -0.15) is 0 Å². The smallest absolute Gasteiger partial charge is 0.229 e. The van der Waals surface area contributed by atoms with E-state index in [4.69, 9.17) is 0 Å². The summed E-state index contributed by atoms with van der Waals surface area (Å²) in [5, 5.41) is 6.55. The molecule has 0 aliphatic carbocycles. The SMILES string of the molecule is CN=C(NCCN1C(=O)CCCC1=O)NC1CCN(Cc2ccc(F)c(F)c2)CC1.I. The first kappa shape index (κ1) is 25.4. The standard InChI is InChI=1S/C21H29F2N5O2.HI/c1-24-21(25-9-12-28-19(29)3-2-4-20(28)30)26-16-7-10-27(11-8-16)14-15-5-6-17(22)18(23)13-15;/h5-6,13,16H,2-4,7-12,14H2,1H3,(H2,24,25,26);1H. The number of nitrogens with one attached hydrogen (secondary N) is 2. The van der Waals surface area contributed by atoms with E-state index in [1.807, 2.05) is 0 Å². The zero-order valence-electron chi connectivity index (χ0n) is 17.7. The minimum absolute atomic E-state index is 0. The molecule has 2 aliphatic heterocycles. The average Bonchev–Trinajstić information content (AvgIpc) is 2.73. The fourth-order valence-electron chi connectivity index (χ4n) is 3.85. The van der Waals surface area contributed by atoms with Crippen molar-refractivity contribution in [3.05, 3.63) is 35.4 Å². The number of likely N-dealkylation sites (tertiary alicyclic amines) is 2. The zero-order chi connectivity index (χ0) is 21.5. The highest BCUT2D eigenvalue weighted by Crippen LogP contribution is 2.16. The van der Waals surface area contributed by atoms with Crippen molar-refractivity contribution in [2.24, 2.45) is 4.99 Å². The van der Waals surface area contributed by atoms with E-state index in [9.17, 15) is 18.4 Å². The summed E-state index contributed by atoms with van der Waals surface area (Å²) in [6, 6.07) is 4.28. The summed E-state index contributed by atoms with van der Waals surface area (Å²) in [4.78, 5) is 31.5. The van der Waals surface area contributed by atoms with Gasteiger partial charge >= 0.3 is 0 Å². The van der Waals surface area contributed by atoms with Crippen LogP contribution >= 0.6 is 24.0 Å². The molecule has 0 unspecified atom stereocenters. The van der Waals surface area contributed by atoms with Crippen LogP contribution in [-0.4, -0.2) is 66.8 Å². The van der Waals surface area contributed by atoms with Gasteiger partial charge < -0.3 is 10.6 Å². The predicted molar refractivity (Wildman–Crippen MR) is 125 cm³/mol. The molecule has 0 radical (unpaired) electrons. The van der Waals surface area contributed by atoms with Crippen molar-refractivity contribution in [1.29, 1.82) is 0 Å². The molecule has 10 heteroatoms. The number of benzene rings is 1. The van der Waals surface area contributed by atoms with Gasteiger partial charge in [-0.3, -0.25) is 24.4 Å². The molecule has 7 nitrogen and oxygen atoms in total. The molecular weight excluding hydrogens is 519 g/mol. The Morgan fingerprint density at radius 1 is 1.13 bits per heavy atom. The Hall–Kier alpha value is -1.82. The van der Waals surface area contributed by atoms with Crippen molar-refractivity contribution in [2.75, 3.05) is 33.2 Å². The highest BCUT2D eigenvalue weighted by molar-refractivity contribution is 14.0. The summed E-state index contributed by atoms with van der Waals surface area (Å²) in [6.07, 6.45) is 3.30. The van der Waals surface area contributed by atoms with Gasteiger partial charge in [-0.25, -0.2) is 8.78 Å². The molecule has 2 heterocycles. The Morgan fingerprint density at radius 3 is 2.42 bits per heavy atom. The van der Waals surface area contributed by atoms with Crippen LogP contribution in [0.4, 0.5) is 8.78 Å². The first-order valence-corrected chi connectivity index (χ1v) is 10.4. The molecule has 0 bridgehead atoms. The predicted octanol–water partition coefficient (Wildman–Crippen LogP) is 2.25. The third kappa shape index (κ3) is 7.37. The summed E-state index contributed by atoms with van der Waals surface area (Å²) < 4.78 is 26.4. The average molecular weight is 549 g/mol. The minimum atomic E-state index is -0.824. The molecule has 2 amide bonds. The summed E-state index contributed by atoms with van der Waals surface area (Å²) in [6.45, 7) is 3.06. The van der Waals surface area contributed by atoms with Gasteiger partial charge in [-0.1, -0.05) is 6.07 Å². The van der Waals surface area contributed by atoms with Gasteiger partial charge in [-0.15, -0.1) is 24.0 Å². The maximum absolute atomic E-state index is 13.4. The van der Waals surface area contributed by atoms with E-state index in [1.54, 1.807) is 13.1 Å². The maximum atomic E-state index is 13.4. The molecule has 2 fully saturated rings. The summed E-state index contributed by atoms with van der Waals surface area (Å²) >= 11 is 0. The van der Waals surface area contributed by atoms with E-state index in [2.05, 4.69) is 20.5 Å². The van der Waals surface area contributed by atoms with E-state index < -0.39 is 11.6 Å². The van der Waals surface area contributed by atoms with Crippen LogP contribution in [0, 0.1) is 11.6 Å². The van der Waals surface area contributed by atoms with Gasteiger partial charge in [0.25, 0.3) is 0 Å². The van der Waals surface area contributed by atoms with Crippen molar-refractivity contribution < 1.29 is 18.4 Å². The summed E-state index contributed by atoms with van der Waals surface area (Å²) in [5.41, 5.74) is 0.764. The molecule has 31 heavy (non-hydrogen) atoms. The number of carbonyl (C=O) groups excluding carboxylic acids is 2. The fourth-order valence-corrected chi connectivity index (χ4v) is 3.85. The van der Waals surface area contributed by atoms with Gasteiger partial charge in [0.05, 0.1) is 0 Å². The number of guanidine groups is 1. The van der Waals surface area contributed by atoms with Crippen molar-refractivity contribution in [3.63, 3.8) is 0 Å². The van der Waals surface area contributed by atoms with Crippen LogP contribution in [-0.2, 0) is 16.1 Å². The normalized spacial score (nSPS) is 18.7. The number of hydrogen-bond donors (Lipinski definition) is 2. The van der Waals surface area contributed by atoms with Crippen molar-refractivity contribution in [2.45, 2.75) is 44.7 Å². The Labute approximate surface area is 198 Å². The molecular formula is C21H30F2IN5O2. The number of piperidine rings is 2. The number of carbonyl (C=O) groups is 2. The third-order valence-electron chi connectivity index (χ3n) is 5.55. The van der Waals surface area contributed by atoms with Crippen molar-refractivity contribution in [1.82, 2.24) is 20.4 Å². The fraction of sp³-hybridized carbons (Fsp3) is 0.571. The van der Waals surface area contributed by atoms with Crippen molar-refractivity contribution >= 4 is 41.8 Å². The molecule has 0 spiro atoms. The third-order valence-corrected chi connectivity index (χ3v) is 5.55. The van der Waals surface area contributed by atoms with Gasteiger partial charge in [0.15, 0.2) is 17.6 Å². The van der Waals surface area contributed by atoms with Crippen LogP contribution in [0.5, 0.6) is 0 Å². The largest absolute Gasteiger partial charge is 0.355 e. The van der Waals surface area contributed by atoms with Crippen LogP contribution in [0.2, 0.25) is 0 Å². The maximum Gasteiger partial charge on any atom is 0.229 e. The van der Waals surface area contributed by atoms with E-state index >= 15 is 0 Å². The molecule has 1 aromatic carbocycles. The molecule has 1 aromatic rings. The number of halogens is 3. The molecule has 0 atom stereocenters. The van der Waals surface area contributed by atoms with Crippen LogP contribution in [0.3, 0.4) is 0 Å². The highest BCUT2D eigenvalue weighted by atomic mass is 127. The molecule has 2 aliphatic rings. The van der Waals surface area contributed by atoms with E-state index in [0.717, 1.165) is 31.5 Å². The van der Waals surface area contributed by atoms with Crippen LogP contribution in [0.25, 0.3) is 0 Å². The number of imide groups is 1. The van der Waals surface area contributed by atoms with Gasteiger partial charge in [0.2, 0.25) is 11.8 Å². The Balaban J connectivity index is 0.00000341. The second-order valence-electron chi connectivity index (χ2n) is 7.73. The lowest BCUT2D eigenvalue weighted by molar-refractivity contribution is -0.147. The topological polar surface area (TPSA) is 77.0 Å². The number of amides is 2. The number of aliphatic imine (C=N–C) groups is 1. The number of rotatable bonds is 6. The van der Waals surface area contributed by atoms with E-state index in [1.165, 1.54) is 17.0 Å². The van der Waals surface area contributed by atoms with E-state index in [0.29, 0.717) is 44.9 Å². The molecule has 2 saturated heterocycles. The summed E-state index contributed by atoms with van der Waals surface area (Å²) in [5.74, 6) is -1.21. The Kier molecular flexibility index (Phi) is 10.1. The number of nitrogens with zero attached hydrogens (tertiary/aromatic N) is 3. The highest BCUT2D eigenvalue weighted by Gasteiger charge is 2.25. The Bertz CT molecular complexity index is 784. The summed E-state index contributed by atoms with van der Waals surface area (Å²) in [7, 11) is 1.69. The second kappa shape index (κ2) is 12.3. The quantitative estimate of drug-likeness (QED) is 0.247. The second-order valence-corrected chi connectivity index (χ2v) is 7.73. The molecule has 172 valence electrons. The minimum Gasteiger partial charge on any atom is -0.355 e. The van der Waals surface area contributed by atoms with Gasteiger partial charge in [0.1, 0.15) is 0 Å². The lowest BCUT2D eigenvalue weighted by Gasteiger charge is -2.33. The van der Waals surface area contributed by atoms with Gasteiger partial charge in [0, 0.05) is 58.7 Å². The zero-order valence-corrected chi connectivity index (χ0v) is 20.0. The first-order chi connectivity index (χ1) is 14.5. The monoisotopic (exact) mass is 549 g/mol. The van der Waals surface area contributed by atoms with E-state index in [-0.39, 0.29) is 41.8 Å². The van der Waals surface area contributed by atoms with Crippen LogP contribution in [0.1, 0.15) is 37.7 Å². The van der Waals surface area contributed by atoms with Crippen LogP contribution in [0.15, 0.2) is 23.2 Å². The lowest BCUT2D eigenvalue weighted by atomic mass is 10.0. The van der Waals surface area contributed by atoms with Crippen LogP contribution < -0.4 is 10.6 Å². The van der Waals surface area contributed by atoms with Gasteiger partial charge in [-0.05, 0) is 37.0 Å². The first-order valence-electron chi connectivity index (χ1n) is 10.4. The molecule has 0 saturated carbocycles. The molecule has 0 aromatic heterocycles. The Morgan fingerprint density at radius 2 is 1.81 bits per heavy atom. The molecule has 2 N–H and O–H groups in total. The van der Waals surface area contributed by atoms with Crippen molar-refractivity contribution in [3.8, 4) is 0 Å². The lowest BCUT2D eigenvalue weighted by Crippen LogP contribution is -2.50.